The van der Waals surface area contributed by atoms with Crippen LogP contribution >= 0.6 is 0 Å². The van der Waals surface area contributed by atoms with Gasteiger partial charge in [0.25, 0.3) is 5.91 Å². The summed E-state index contributed by atoms with van der Waals surface area (Å²) in [4.78, 5) is 30.2. The lowest BCUT2D eigenvalue weighted by Crippen LogP contribution is -2.47. The van der Waals surface area contributed by atoms with Gasteiger partial charge in [-0.15, -0.1) is 0 Å². The van der Waals surface area contributed by atoms with Crippen LogP contribution in [0.2, 0.25) is 0 Å². The van der Waals surface area contributed by atoms with Gasteiger partial charge in [-0.25, -0.2) is 9.37 Å². The number of halogens is 1. The van der Waals surface area contributed by atoms with E-state index in [1.807, 2.05) is 27.7 Å². The van der Waals surface area contributed by atoms with Crippen LogP contribution in [-0.4, -0.2) is 45.4 Å². The van der Waals surface area contributed by atoms with E-state index in [9.17, 15) is 19.1 Å². The van der Waals surface area contributed by atoms with Gasteiger partial charge in [-0.2, -0.15) is 0 Å². The van der Waals surface area contributed by atoms with Crippen LogP contribution in [0.15, 0.2) is 36.5 Å². The van der Waals surface area contributed by atoms with Crippen LogP contribution in [0.3, 0.4) is 0 Å². The minimum Gasteiger partial charge on any atom is -0.505 e. The van der Waals surface area contributed by atoms with E-state index in [0.29, 0.717) is 11.1 Å². The summed E-state index contributed by atoms with van der Waals surface area (Å²) in [5.74, 6) is -1.62. The lowest BCUT2D eigenvalue weighted by atomic mass is 10.1. The maximum absolute atomic E-state index is 13.3. The van der Waals surface area contributed by atoms with Crippen LogP contribution in [-0.2, 0) is 4.79 Å². The smallest absolute Gasteiger partial charge is 0.274 e. The number of amides is 2. The van der Waals surface area contributed by atoms with E-state index in [-0.39, 0.29) is 36.0 Å². The number of carbonyl (C=O) groups excluding carboxylic acids is 2. The molecule has 2 rings (SSSR count). The van der Waals surface area contributed by atoms with Gasteiger partial charge in [-0.05, 0) is 51.5 Å². The van der Waals surface area contributed by atoms with Crippen molar-refractivity contribution in [2.24, 2.45) is 0 Å². The Hall–Kier alpha value is -2.96. The molecule has 0 spiro atoms. The van der Waals surface area contributed by atoms with E-state index >= 15 is 0 Å². The zero-order valence-electron chi connectivity index (χ0n) is 15.9. The minimum absolute atomic E-state index is 0.00600. The Kier molecular flexibility index (Phi) is 6.50. The van der Waals surface area contributed by atoms with E-state index in [4.69, 9.17) is 0 Å². The molecule has 0 aliphatic heterocycles. The Morgan fingerprint density at radius 3 is 2.37 bits per heavy atom. The number of carbonyl (C=O) groups is 2. The first kappa shape index (κ1) is 20.4. The monoisotopic (exact) mass is 373 g/mol. The Balaban J connectivity index is 2.10. The Morgan fingerprint density at radius 1 is 1.15 bits per heavy atom. The molecule has 7 heteroatoms. The fraction of sp³-hybridized carbons (Fsp3) is 0.350. The summed E-state index contributed by atoms with van der Waals surface area (Å²) < 4.78 is 13.3. The van der Waals surface area contributed by atoms with E-state index in [1.54, 1.807) is 17.0 Å². The molecule has 0 radical (unpaired) electrons. The van der Waals surface area contributed by atoms with Crippen LogP contribution in [0.5, 0.6) is 5.75 Å². The normalized spacial score (nSPS) is 10.9. The Bertz CT molecular complexity index is 829. The number of pyridine rings is 1. The molecule has 0 unspecified atom stereocenters. The minimum atomic E-state index is -0.654. The van der Waals surface area contributed by atoms with E-state index in [2.05, 4.69) is 10.3 Å². The van der Waals surface area contributed by atoms with Crippen molar-refractivity contribution in [1.82, 2.24) is 15.2 Å². The van der Waals surface area contributed by atoms with Crippen molar-refractivity contribution >= 4 is 11.8 Å². The van der Waals surface area contributed by atoms with Crippen molar-refractivity contribution in [2.75, 3.05) is 6.54 Å². The molecule has 2 N–H and O–H groups in total. The van der Waals surface area contributed by atoms with Crippen molar-refractivity contribution in [3.8, 4) is 16.9 Å². The summed E-state index contributed by atoms with van der Waals surface area (Å²) in [6, 6.07) is 7.19. The maximum Gasteiger partial charge on any atom is 0.274 e. The molecule has 0 bridgehead atoms. The molecule has 0 fully saturated rings. The predicted octanol–water partition coefficient (Wildman–Crippen LogP) is 2.97. The highest BCUT2D eigenvalue weighted by Crippen LogP contribution is 2.25. The second-order valence-corrected chi connectivity index (χ2v) is 6.77. The second-order valence-electron chi connectivity index (χ2n) is 6.77. The number of rotatable bonds is 6. The molecule has 0 atom stereocenters. The van der Waals surface area contributed by atoms with Gasteiger partial charge in [0.05, 0.1) is 6.54 Å². The van der Waals surface area contributed by atoms with Gasteiger partial charge in [0.2, 0.25) is 5.91 Å². The number of aromatic nitrogens is 1. The summed E-state index contributed by atoms with van der Waals surface area (Å²) in [6.45, 7) is 7.41. The van der Waals surface area contributed by atoms with Gasteiger partial charge in [0.1, 0.15) is 11.6 Å². The molecule has 0 saturated carbocycles. The van der Waals surface area contributed by atoms with E-state index < -0.39 is 11.7 Å². The predicted molar refractivity (Wildman–Crippen MR) is 101 cm³/mol. The summed E-state index contributed by atoms with van der Waals surface area (Å²) in [7, 11) is 0. The molecule has 27 heavy (non-hydrogen) atoms. The average Bonchev–Trinajstić information content (AvgIpc) is 2.59. The topological polar surface area (TPSA) is 82.5 Å². The van der Waals surface area contributed by atoms with Crippen LogP contribution in [0.25, 0.3) is 11.1 Å². The van der Waals surface area contributed by atoms with Crippen LogP contribution < -0.4 is 5.32 Å². The first-order valence-corrected chi connectivity index (χ1v) is 8.75. The molecule has 0 aliphatic rings. The summed E-state index contributed by atoms with van der Waals surface area (Å²) in [5.41, 5.74) is 0.818. The van der Waals surface area contributed by atoms with Gasteiger partial charge in [-0.1, -0.05) is 12.1 Å². The molecule has 144 valence electrons. The molecular formula is C20H24FN3O3. The zero-order chi connectivity index (χ0) is 20.1. The third kappa shape index (κ3) is 5.03. The SMILES string of the molecule is CC(C)N(C(=O)CNC(=O)c1ncc(-c2cccc(F)c2)cc1O)C(C)C. The fourth-order valence-electron chi connectivity index (χ4n) is 2.96. The third-order valence-electron chi connectivity index (χ3n) is 4.04. The molecule has 2 aromatic rings. The highest BCUT2D eigenvalue weighted by atomic mass is 19.1. The second kappa shape index (κ2) is 8.62. The first-order chi connectivity index (χ1) is 12.7. The third-order valence-corrected chi connectivity index (χ3v) is 4.04. The van der Waals surface area contributed by atoms with Gasteiger partial charge < -0.3 is 15.3 Å². The summed E-state index contributed by atoms with van der Waals surface area (Å²) in [6.07, 6.45) is 1.37. The average molecular weight is 373 g/mol. The summed E-state index contributed by atoms with van der Waals surface area (Å²) in [5, 5.41) is 12.6. The fourth-order valence-corrected chi connectivity index (χ4v) is 2.96. The molecular weight excluding hydrogens is 349 g/mol. The molecule has 2 amide bonds. The molecule has 1 heterocycles. The van der Waals surface area contributed by atoms with Crippen molar-refractivity contribution < 1.29 is 19.1 Å². The van der Waals surface area contributed by atoms with Crippen molar-refractivity contribution in [3.63, 3.8) is 0 Å². The van der Waals surface area contributed by atoms with Gasteiger partial charge >= 0.3 is 0 Å². The van der Waals surface area contributed by atoms with Crippen molar-refractivity contribution in [1.29, 1.82) is 0 Å². The van der Waals surface area contributed by atoms with Crippen molar-refractivity contribution in [2.45, 2.75) is 39.8 Å². The largest absolute Gasteiger partial charge is 0.505 e. The number of hydrogen-bond donors (Lipinski definition) is 2. The lowest BCUT2D eigenvalue weighted by molar-refractivity contribution is -0.133. The number of nitrogens with zero attached hydrogens (tertiary/aromatic N) is 2. The number of hydrogen-bond acceptors (Lipinski definition) is 4. The van der Waals surface area contributed by atoms with Gasteiger partial charge in [0, 0.05) is 23.8 Å². The van der Waals surface area contributed by atoms with E-state index in [1.165, 1.54) is 24.4 Å². The van der Waals surface area contributed by atoms with E-state index in [0.717, 1.165) is 0 Å². The van der Waals surface area contributed by atoms with Crippen LogP contribution in [0.4, 0.5) is 4.39 Å². The molecule has 1 aromatic carbocycles. The molecule has 1 aromatic heterocycles. The van der Waals surface area contributed by atoms with Crippen LogP contribution in [0.1, 0.15) is 38.2 Å². The zero-order valence-corrected chi connectivity index (χ0v) is 15.9. The molecule has 0 aliphatic carbocycles. The molecule has 0 saturated heterocycles. The lowest BCUT2D eigenvalue weighted by Gasteiger charge is -2.30. The van der Waals surface area contributed by atoms with Gasteiger partial charge in [-0.3, -0.25) is 9.59 Å². The maximum atomic E-state index is 13.3. The number of nitrogens with one attached hydrogen (secondary N) is 1. The summed E-state index contributed by atoms with van der Waals surface area (Å²) >= 11 is 0. The highest BCUT2D eigenvalue weighted by Gasteiger charge is 2.21. The van der Waals surface area contributed by atoms with Crippen LogP contribution in [0, 0.1) is 5.82 Å². The Labute approximate surface area is 158 Å². The molecule has 6 nitrogen and oxygen atoms in total. The standard InChI is InChI=1S/C20H24FN3O3/c1-12(2)24(13(3)4)18(26)11-23-20(27)19-17(25)9-15(10-22-19)14-6-5-7-16(21)8-14/h5-10,12-13,25H,11H2,1-4H3,(H,23,27). The Morgan fingerprint density at radius 2 is 1.81 bits per heavy atom. The van der Waals surface area contributed by atoms with Gasteiger partial charge in [0.15, 0.2) is 5.69 Å². The quantitative estimate of drug-likeness (QED) is 0.816. The number of aromatic hydroxyl groups is 1. The highest BCUT2D eigenvalue weighted by molar-refractivity contribution is 5.97. The number of benzene rings is 1. The van der Waals surface area contributed by atoms with Crippen molar-refractivity contribution in [3.05, 3.63) is 48.0 Å². The first-order valence-electron chi connectivity index (χ1n) is 8.75.